The average Bonchev–Trinajstić information content (AvgIpc) is 1.94. The maximum Gasteiger partial charge on any atom is 0.00963 e. The SMILES string of the molecule is CC.CC.CCNC(C)(C)C. The number of rotatable bonds is 1. The Hall–Kier alpha value is -0.0400. The van der Waals surface area contributed by atoms with E-state index in [0.29, 0.717) is 5.54 Å². The van der Waals surface area contributed by atoms with Gasteiger partial charge in [-0.15, -0.1) is 0 Å². The van der Waals surface area contributed by atoms with Crippen LogP contribution in [0, 0.1) is 0 Å². The lowest BCUT2D eigenvalue weighted by Gasteiger charge is -2.18. The summed E-state index contributed by atoms with van der Waals surface area (Å²) in [7, 11) is 0. The summed E-state index contributed by atoms with van der Waals surface area (Å²) in [5.74, 6) is 0. The zero-order valence-electron chi connectivity index (χ0n) is 9.71. The van der Waals surface area contributed by atoms with E-state index in [1.54, 1.807) is 0 Å². The Morgan fingerprint density at radius 1 is 0.909 bits per heavy atom. The van der Waals surface area contributed by atoms with Gasteiger partial charge in [0.2, 0.25) is 0 Å². The number of hydrogen-bond acceptors (Lipinski definition) is 1. The Bertz CT molecular complexity index is 43.3. The lowest BCUT2D eigenvalue weighted by molar-refractivity contribution is 0.439. The normalized spacial score (nSPS) is 8.73. The predicted molar refractivity (Wildman–Crippen MR) is 56.1 cm³/mol. The van der Waals surface area contributed by atoms with Gasteiger partial charge in [0.25, 0.3) is 0 Å². The van der Waals surface area contributed by atoms with E-state index in [9.17, 15) is 0 Å². The fourth-order valence-corrected chi connectivity index (χ4v) is 0.530. The Morgan fingerprint density at radius 2 is 1.18 bits per heavy atom. The standard InChI is InChI=1S/C6H15N.2C2H6/c1-5-7-6(2,3)4;2*1-2/h7H,5H2,1-4H3;2*1-2H3. The molecule has 0 aromatic rings. The summed E-state index contributed by atoms with van der Waals surface area (Å²) in [5, 5.41) is 3.28. The number of hydrogen-bond donors (Lipinski definition) is 1. The topological polar surface area (TPSA) is 12.0 Å². The molecule has 0 unspecified atom stereocenters. The molecule has 0 aliphatic carbocycles. The van der Waals surface area contributed by atoms with E-state index in [1.807, 2.05) is 27.7 Å². The molecular weight excluding hydrogens is 134 g/mol. The van der Waals surface area contributed by atoms with Crippen LogP contribution in [0.5, 0.6) is 0 Å². The molecule has 0 rings (SSSR count). The van der Waals surface area contributed by atoms with Gasteiger partial charge in [0, 0.05) is 5.54 Å². The summed E-state index contributed by atoms with van der Waals surface area (Å²) in [4.78, 5) is 0. The lowest BCUT2D eigenvalue weighted by Crippen LogP contribution is -2.35. The minimum atomic E-state index is 0.300. The van der Waals surface area contributed by atoms with Crippen molar-refractivity contribution in [3.63, 3.8) is 0 Å². The summed E-state index contributed by atoms with van der Waals surface area (Å²) in [5.41, 5.74) is 0.300. The maximum atomic E-state index is 3.28. The molecule has 0 aliphatic heterocycles. The molecule has 0 fully saturated rings. The largest absolute Gasteiger partial charge is 0.312 e. The van der Waals surface area contributed by atoms with Gasteiger partial charge in [-0.3, -0.25) is 0 Å². The lowest BCUT2D eigenvalue weighted by atomic mass is 10.1. The molecule has 0 bridgehead atoms. The first kappa shape index (κ1) is 17.2. The van der Waals surface area contributed by atoms with Crippen LogP contribution in [0.15, 0.2) is 0 Å². The first-order valence-electron chi connectivity index (χ1n) is 4.81. The molecule has 0 heterocycles. The van der Waals surface area contributed by atoms with E-state index >= 15 is 0 Å². The summed E-state index contributed by atoms with van der Waals surface area (Å²) < 4.78 is 0. The van der Waals surface area contributed by atoms with E-state index in [4.69, 9.17) is 0 Å². The van der Waals surface area contributed by atoms with Gasteiger partial charge >= 0.3 is 0 Å². The highest BCUT2D eigenvalue weighted by molar-refractivity contribution is 4.67. The van der Waals surface area contributed by atoms with Crippen LogP contribution >= 0.6 is 0 Å². The maximum absolute atomic E-state index is 3.28. The van der Waals surface area contributed by atoms with Crippen molar-refractivity contribution in [3.8, 4) is 0 Å². The molecule has 0 aromatic carbocycles. The number of nitrogens with one attached hydrogen (secondary N) is 1. The highest BCUT2D eigenvalue weighted by atomic mass is 14.9. The fourth-order valence-electron chi connectivity index (χ4n) is 0.530. The molecule has 1 N–H and O–H groups in total. The van der Waals surface area contributed by atoms with Gasteiger partial charge in [0.1, 0.15) is 0 Å². The molecule has 0 amide bonds. The molecule has 0 radical (unpaired) electrons. The van der Waals surface area contributed by atoms with Gasteiger partial charge in [-0.25, -0.2) is 0 Å². The van der Waals surface area contributed by atoms with Gasteiger partial charge in [0.05, 0.1) is 0 Å². The second kappa shape index (κ2) is 12.6. The zero-order chi connectivity index (χ0) is 9.91. The molecule has 1 nitrogen and oxygen atoms in total. The van der Waals surface area contributed by atoms with Crippen LogP contribution in [0.4, 0.5) is 0 Å². The first-order valence-corrected chi connectivity index (χ1v) is 4.81. The second-order valence-corrected chi connectivity index (χ2v) is 2.78. The molecule has 0 aliphatic rings. The minimum Gasteiger partial charge on any atom is -0.312 e. The molecule has 72 valence electrons. The Kier molecular flexibility index (Phi) is 19.7. The quantitative estimate of drug-likeness (QED) is 0.621. The smallest absolute Gasteiger partial charge is 0.00963 e. The molecule has 0 saturated heterocycles. The zero-order valence-corrected chi connectivity index (χ0v) is 9.71. The molecule has 0 atom stereocenters. The monoisotopic (exact) mass is 161 g/mol. The van der Waals surface area contributed by atoms with Crippen molar-refractivity contribution in [3.05, 3.63) is 0 Å². The van der Waals surface area contributed by atoms with Gasteiger partial charge in [-0.1, -0.05) is 34.6 Å². The van der Waals surface area contributed by atoms with Gasteiger partial charge < -0.3 is 5.32 Å². The van der Waals surface area contributed by atoms with Crippen molar-refractivity contribution in [1.82, 2.24) is 5.32 Å². The van der Waals surface area contributed by atoms with E-state index in [1.165, 1.54) is 0 Å². The predicted octanol–water partition coefficient (Wildman–Crippen LogP) is 3.45. The van der Waals surface area contributed by atoms with Crippen LogP contribution in [0.2, 0.25) is 0 Å². The van der Waals surface area contributed by atoms with Crippen molar-refractivity contribution < 1.29 is 0 Å². The van der Waals surface area contributed by atoms with Crippen molar-refractivity contribution >= 4 is 0 Å². The van der Waals surface area contributed by atoms with Gasteiger partial charge in [-0.05, 0) is 27.3 Å². The first-order chi connectivity index (χ1) is 5.06. The fraction of sp³-hybridized carbons (Fsp3) is 1.00. The highest BCUT2D eigenvalue weighted by Gasteiger charge is 2.04. The Balaban J connectivity index is -0.000000138. The van der Waals surface area contributed by atoms with E-state index < -0.39 is 0 Å². The van der Waals surface area contributed by atoms with Crippen molar-refractivity contribution in [2.75, 3.05) is 6.54 Å². The minimum absolute atomic E-state index is 0.300. The van der Waals surface area contributed by atoms with Crippen molar-refractivity contribution in [2.45, 2.75) is 60.9 Å². The van der Waals surface area contributed by atoms with Crippen LogP contribution in [0.1, 0.15) is 55.4 Å². The van der Waals surface area contributed by atoms with Crippen LogP contribution in [0.3, 0.4) is 0 Å². The van der Waals surface area contributed by atoms with Gasteiger partial charge in [0.15, 0.2) is 0 Å². The third-order valence-corrected chi connectivity index (χ3v) is 0.707. The van der Waals surface area contributed by atoms with Crippen LogP contribution < -0.4 is 5.32 Å². The Morgan fingerprint density at radius 3 is 1.18 bits per heavy atom. The molecule has 11 heavy (non-hydrogen) atoms. The van der Waals surface area contributed by atoms with E-state index in [-0.39, 0.29) is 0 Å². The van der Waals surface area contributed by atoms with Crippen molar-refractivity contribution in [2.24, 2.45) is 0 Å². The van der Waals surface area contributed by atoms with Crippen molar-refractivity contribution in [1.29, 1.82) is 0 Å². The van der Waals surface area contributed by atoms with E-state index in [2.05, 4.69) is 33.0 Å². The van der Waals surface area contributed by atoms with Gasteiger partial charge in [-0.2, -0.15) is 0 Å². The summed E-state index contributed by atoms with van der Waals surface area (Å²) in [6, 6.07) is 0. The third kappa shape index (κ3) is 40.2. The summed E-state index contributed by atoms with van der Waals surface area (Å²) >= 11 is 0. The molecule has 1 heteroatoms. The molecule has 0 aromatic heterocycles. The molecule has 0 spiro atoms. The van der Waals surface area contributed by atoms with Crippen LogP contribution in [0.25, 0.3) is 0 Å². The summed E-state index contributed by atoms with van der Waals surface area (Å²) in [6.07, 6.45) is 0. The highest BCUT2D eigenvalue weighted by Crippen LogP contribution is 1.95. The second-order valence-electron chi connectivity index (χ2n) is 2.78. The average molecular weight is 161 g/mol. The third-order valence-electron chi connectivity index (χ3n) is 0.707. The van der Waals surface area contributed by atoms with Crippen LogP contribution in [-0.4, -0.2) is 12.1 Å². The molecular formula is C10H27N. The molecule has 0 saturated carbocycles. The summed E-state index contributed by atoms with van der Waals surface area (Å²) in [6.45, 7) is 17.7. The van der Waals surface area contributed by atoms with Crippen LogP contribution in [-0.2, 0) is 0 Å². The van der Waals surface area contributed by atoms with E-state index in [0.717, 1.165) is 6.54 Å². The Labute approximate surface area is 73.6 Å².